The molecular formula is C12H15N5OS2. The van der Waals surface area contributed by atoms with E-state index in [2.05, 4.69) is 20.5 Å². The molecule has 2 heterocycles. The van der Waals surface area contributed by atoms with Crippen LogP contribution in [0.3, 0.4) is 0 Å². The van der Waals surface area contributed by atoms with E-state index in [-0.39, 0.29) is 5.91 Å². The lowest BCUT2D eigenvalue weighted by Gasteiger charge is -2.04. The van der Waals surface area contributed by atoms with Gasteiger partial charge in [0.05, 0.1) is 5.75 Å². The van der Waals surface area contributed by atoms with Gasteiger partial charge in [0.1, 0.15) is 0 Å². The molecule has 8 heteroatoms. The van der Waals surface area contributed by atoms with E-state index >= 15 is 0 Å². The largest absolute Gasteiger partial charge is 0.374 e. The van der Waals surface area contributed by atoms with E-state index in [0.717, 1.165) is 12.8 Å². The summed E-state index contributed by atoms with van der Waals surface area (Å²) in [5.41, 5.74) is 6.65. The minimum Gasteiger partial charge on any atom is -0.374 e. The number of rotatable bonds is 7. The topological polar surface area (TPSA) is 93.8 Å². The molecule has 0 fully saturated rings. The number of nitrogen functional groups attached to an aromatic ring is 1. The van der Waals surface area contributed by atoms with Crippen molar-refractivity contribution in [1.29, 1.82) is 0 Å². The number of aryl methyl sites for hydroxylation is 1. The van der Waals surface area contributed by atoms with Crippen LogP contribution >= 0.6 is 23.1 Å². The third-order valence-corrected chi connectivity index (χ3v) is 4.32. The number of amides is 1. The van der Waals surface area contributed by atoms with Crippen LogP contribution in [0.2, 0.25) is 0 Å². The molecule has 0 spiro atoms. The van der Waals surface area contributed by atoms with Crippen LogP contribution in [0.4, 0.5) is 5.13 Å². The first kappa shape index (κ1) is 14.7. The summed E-state index contributed by atoms with van der Waals surface area (Å²) in [4.78, 5) is 15.7. The second-order valence-corrected chi connectivity index (χ2v) is 6.24. The maximum atomic E-state index is 11.6. The highest BCUT2D eigenvalue weighted by Crippen LogP contribution is 2.22. The molecule has 0 atom stereocenters. The average Bonchev–Trinajstić information content (AvgIpc) is 2.88. The monoisotopic (exact) mass is 309 g/mol. The molecule has 0 aromatic carbocycles. The van der Waals surface area contributed by atoms with Gasteiger partial charge in [-0.15, -0.1) is 10.2 Å². The van der Waals surface area contributed by atoms with Crippen molar-refractivity contribution >= 4 is 34.1 Å². The van der Waals surface area contributed by atoms with Crippen molar-refractivity contribution < 1.29 is 4.79 Å². The number of nitrogens with two attached hydrogens (primary N) is 1. The second-order valence-electron chi connectivity index (χ2n) is 4.01. The molecule has 20 heavy (non-hydrogen) atoms. The molecular weight excluding hydrogens is 294 g/mol. The molecule has 0 aliphatic heterocycles. The Morgan fingerprint density at radius 1 is 1.45 bits per heavy atom. The molecule has 0 radical (unpaired) electrons. The van der Waals surface area contributed by atoms with Gasteiger partial charge in [-0.3, -0.25) is 9.78 Å². The number of anilines is 1. The number of nitrogens with zero attached hydrogens (tertiary/aromatic N) is 3. The Balaban J connectivity index is 1.58. The van der Waals surface area contributed by atoms with E-state index in [1.807, 2.05) is 18.3 Å². The molecule has 0 saturated carbocycles. The van der Waals surface area contributed by atoms with Gasteiger partial charge in [0.2, 0.25) is 11.0 Å². The number of aromatic nitrogens is 3. The number of pyridine rings is 1. The summed E-state index contributed by atoms with van der Waals surface area (Å²) in [6.45, 7) is 0.659. The lowest BCUT2D eigenvalue weighted by Crippen LogP contribution is -2.26. The number of thioether (sulfide) groups is 1. The minimum absolute atomic E-state index is 0.00467. The molecule has 0 unspecified atom stereocenters. The Labute approximate surface area is 125 Å². The fourth-order valence-electron chi connectivity index (χ4n) is 1.52. The molecule has 106 valence electrons. The van der Waals surface area contributed by atoms with E-state index < -0.39 is 0 Å². The van der Waals surface area contributed by atoms with Gasteiger partial charge in [-0.25, -0.2) is 0 Å². The quantitative estimate of drug-likeness (QED) is 0.592. The predicted molar refractivity (Wildman–Crippen MR) is 80.6 cm³/mol. The highest BCUT2D eigenvalue weighted by molar-refractivity contribution is 8.01. The summed E-state index contributed by atoms with van der Waals surface area (Å²) >= 11 is 2.63. The SMILES string of the molecule is Nc1nnc(SCC(=O)NCCCc2cccnc2)s1. The molecule has 0 aliphatic rings. The van der Waals surface area contributed by atoms with Gasteiger partial charge >= 0.3 is 0 Å². The molecule has 0 saturated heterocycles. The van der Waals surface area contributed by atoms with Crippen LogP contribution in [0.5, 0.6) is 0 Å². The molecule has 3 N–H and O–H groups in total. The van der Waals surface area contributed by atoms with Crippen molar-refractivity contribution in [3.63, 3.8) is 0 Å². The Kier molecular flexibility index (Phi) is 5.75. The van der Waals surface area contributed by atoms with Crippen LogP contribution in [0, 0.1) is 0 Å². The van der Waals surface area contributed by atoms with Crippen LogP contribution in [-0.4, -0.2) is 33.4 Å². The first-order chi connectivity index (χ1) is 9.74. The molecule has 2 aromatic heterocycles. The van der Waals surface area contributed by atoms with Crippen LogP contribution in [0.1, 0.15) is 12.0 Å². The van der Waals surface area contributed by atoms with Gasteiger partial charge in [0, 0.05) is 18.9 Å². The third-order valence-electron chi connectivity index (χ3n) is 2.44. The van der Waals surface area contributed by atoms with Crippen LogP contribution in [-0.2, 0) is 11.2 Å². The smallest absolute Gasteiger partial charge is 0.230 e. The first-order valence-corrected chi connectivity index (χ1v) is 7.91. The Hall–Kier alpha value is -1.67. The van der Waals surface area contributed by atoms with Crippen LogP contribution < -0.4 is 11.1 Å². The van der Waals surface area contributed by atoms with Crippen molar-refractivity contribution in [2.24, 2.45) is 0 Å². The van der Waals surface area contributed by atoms with E-state index in [1.165, 1.54) is 28.7 Å². The summed E-state index contributed by atoms with van der Waals surface area (Å²) in [5.74, 6) is 0.330. The molecule has 2 aromatic rings. The van der Waals surface area contributed by atoms with Crippen LogP contribution in [0.25, 0.3) is 0 Å². The summed E-state index contributed by atoms with van der Waals surface area (Å²) in [6.07, 6.45) is 5.41. The number of hydrogen-bond donors (Lipinski definition) is 2. The summed E-state index contributed by atoms with van der Waals surface area (Å²) in [7, 11) is 0. The van der Waals surface area contributed by atoms with E-state index in [1.54, 1.807) is 6.20 Å². The zero-order valence-corrected chi connectivity index (χ0v) is 12.4. The van der Waals surface area contributed by atoms with Gasteiger partial charge < -0.3 is 11.1 Å². The third kappa shape index (κ3) is 5.14. The van der Waals surface area contributed by atoms with Crippen molar-refractivity contribution in [1.82, 2.24) is 20.5 Å². The van der Waals surface area contributed by atoms with Crippen molar-refractivity contribution in [3.05, 3.63) is 30.1 Å². The highest BCUT2D eigenvalue weighted by atomic mass is 32.2. The lowest BCUT2D eigenvalue weighted by atomic mass is 10.1. The van der Waals surface area contributed by atoms with Crippen molar-refractivity contribution in [2.45, 2.75) is 17.2 Å². The Morgan fingerprint density at radius 3 is 3.05 bits per heavy atom. The van der Waals surface area contributed by atoms with Gasteiger partial charge in [-0.05, 0) is 24.5 Å². The summed E-state index contributed by atoms with van der Waals surface area (Å²) in [6, 6.07) is 3.95. The normalized spacial score (nSPS) is 10.4. The van der Waals surface area contributed by atoms with E-state index in [9.17, 15) is 4.79 Å². The zero-order chi connectivity index (χ0) is 14.2. The van der Waals surface area contributed by atoms with Gasteiger partial charge in [-0.1, -0.05) is 29.2 Å². The summed E-state index contributed by atoms with van der Waals surface area (Å²) in [5, 5.41) is 10.8. The maximum absolute atomic E-state index is 11.6. The maximum Gasteiger partial charge on any atom is 0.230 e. The standard InChI is InChI=1S/C12H15N5OS2/c13-11-16-17-12(20-11)19-8-10(18)15-6-2-4-9-3-1-5-14-7-9/h1,3,5,7H,2,4,6,8H2,(H2,13,16)(H,15,18). The fourth-order valence-corrected chi connectivity index (χ4v) is 2.99. The number of carbonyl (C=O) groups is 1. The van der Waals surface area contributed by atoms with Crippen LogP contribution in [0.15, 0.2) is 28.9 Å². The molecule has 2 rings (SSSR count). The average molecular weight is 309 g/mol. The van der Waals surface area contributed by atoms with E-state index in [4.69, 9.17) is 5.73 Å². The molecule has 6 nitrogen and oxygen atoms in total. The number of nitrogens with one attached hydrogen (secondary N) is 1. The van der Waals surface area contributed by atoms with Crippen molar-refractivity contribution in [2.75, 3.05) is 18.0 Å². The number of hydrogen-bond acceptors (Lipinski definition) is 7. The van der Waals surface area contributed by atoms with Crippen molar-refractivity contribution in [3.8, 4) is 0 Å². The highest BCUT2D eigenvalue weighted by Gasteiger charge is 2.06. The first-order valence-electron chi connectivity index (χ1n) is 6.11. The minimum atomic E-state index is -0.00467. The van der Waals surface area contributed by atoms with Gasteiger partial charge in [0.25, 0.3) is 0 Å². The lowest BCUT2D eigenvalue weighted by molar-refractivity contribution is -0.118. The van der Waals surface area contributed by atoms with Gasteiger partial charge in [0.15, 0.2) is 4.34 Å². The number of carbonyl (C=O) groups excluding carboxylic acids is 1. The Bertz CT molecular complexity index is 546. The fraction of sp³-hybridized carbons (Fsp3) is 0.333. The summed E-state index contributed by atoms with van der Waals surface area (Å²) < 4.78 is 0.716. The Morgan fingerprint density at radius 2 is 2.35 bits per heavy atom. The molecule has 0 aliphatic carbocycles. The zero-order valence-electron chi connectivity index (χ0n) is 10.8. The second kappa shape index (κ2) is 7.81. The van der Waals surface area contributed by atoms with Gasteiger partial charge in [-0.2, -0.15) is 0 Å². The molecule has 0 bridgehead atoms. The van der Waals surface area contributed by atoms with E-state index in [0.29, 0.717) is 21.8 Å². The predicted octanol–water partition coefficient (Wildman–Crippen LogP) is 1.36. The molecule has 1 amide bonds.